The van der Waals surface area contributed by atoms with Crippen molar-refractivity contribution in [2.24, 2.45) is 0 Å². The molecule has 0 fully saturated rings. The molecule has 0 aliphatic carbocycles. The fourth-order valence-corrected chi connectivity index (χ4v) is 3.16. The zero-order chi connectivity index (χ0) is 19.5. The molecule has 0 unspecified atom stereocenters. The van der Waals surface area contributed by atoms with Crippen molar-refractivity contribution in [3.63, 3.8) is 0 Å². The Hall–Kier alpha value is -3.55. The summed E-state index contributed by atoms with van der Waals surface area (Å²) in [6.07, 6.45) is 5.42. The number of halogens is 1. The highest BCUT2D eigenvalue weighted by Gasteiger charge is 2.13. The first kappa shape index (κ1) is 17.8. The third-order valence-electron chi connectivity index (χ3n) is 4.55. The molecule has 4 rings (SSSR count). The normalized spacial score (nSPS) is 11.0. The van der Waals surface area contributed by atoms with E-state index < -0.39 is 5.95 Å². The monoisotopic (exact) mass is 378 g/mol. The van der Waals surface area contributed by atoms with E-state index in [9.17, 15) is 4.39 Å². The molecule has 0 aliphatic rings. The lowest BCUT2D eigenvalue weighted by molar-refractivity contribution is 0.393. The topological polar surface area (TPSA) is 88.6 Å². The number of aromatic amines is 1. The minimum absolute atomic E-state index is 0.407. The lowest BCUT2D eigenvalue weighted by atomic mass is 10.1. The maximum atomic E-state index is 14.6. The average molecular weight is 378 g/mol. The smallest absolute Gasteiger partial charge is 0.218 e. The Labute approximate surface area is 161 Å². The number of rotatable bonds is 6. The molecular formula is C20H19FN6O. The Morgan fingerprint density at radius 1 is 1.11 bits per heavy atom. The quantitative estimate of drug-likeness (QED) is 0.500. The van der Waals surface area contributed by atoms with Gasteiger partial charge in [-0.2, -0.15) is 4.39 Å². The van der Waals surface area contributed by atoms with Gasteiger partial charge in [0.15, 0.2) is 0 Å². The number of hydrogen-bond acceptors (Lipinski definition) is 6. The Balaban J connectivity index is 1.51. The van der Waals surface area contributed by atoms with Gasteiger partial charge >= 0.3 is 0 Å². The molecule has 4 aromatic heterocycles. The standard InChI is InChI=1S/C20H19FN6O/c1-12-17-15(10-24-19(17)26-11-25-12)8-13-5-6-16(27-18(13)21)23-9-14-4-3-7-22-20(14)28-2/h3-7,10-11H,8-9H2,1-2H3,(H,23,27)(H,24,25,26). The van der Waals surface area contributed by atoms with E-state index in [2.05, 4.69) is 30.2 Å². The van der Waals surface area contributed by atoms with Crippen LogP contribution in [0.4, 0.5) is 10.2 Å². The van der Waals surface area contributed by atoms with Crippen LogP contribution in [-0.4, -0.2) is 32.0 Å². The molecule has 0 bridgehead atoms. The second-order valence-electron chi connectivity index (χ2n) is 6.35. The highest BCUT2D eigenvalue weighted by atomic mass is 19.1. The number of aromatic nitrogens is 5. The van der Waals surface area contributed by atoms with Crippen molar-refractivity contribution in [1.29, 1.82) is 0 Å². The van der Waals surface area contributed by atoms with E-state index in [1.807, 2.05) is 25.3 Å². The summed E-state index contributed by atoms with van der Waals surface area (Å²) in [4.78, 5) is 19.7. The van der Waals surface area contributed by atoms with Crippen LogP contribution in [0, 0.1) is 12.9 Å². The van der Waals surface area contributed by atoms with Crippen molar-refractivity contribution in [2.45, 2.75) is 19.9 Å². The number of pyridine rings is 2. The molecule has 0 radical (unpaired) electrons. The molecule has 0 aromatic carbocycles. The molecule has 0 saturated heterocycles. The van der Waals surface area contributed by atoms with Gasteiger partial charge in [0.05, 0.1) is 12.8 Å². The largest absolute Gasteiger partial charge is 0.481 e. The van der Waals surface area contributed by atoms with Crippen molar-refractivity contribution in [3.05, 3.63) is 71.3 Å². The summed E-state index contributed by atoms with van der Waals surface area (Å²) in [5, 5.41) is 4.03. The summed E-state index contributed by atoms with van der Waals surface area (Å²) in [5.41, 5.74) is 3.92. The first-order valence-electron chi connectivity index (χ1n) is 8.80. The molecular weight excluding hydrogens is 359 g/mol. The van der Waals surface area contributed by atoms with Crippen molar-refractivity contribution in [1.82, 2.24) is 24.9 Å². The van der Waals surface area contributed by atoms with Crippen molar-refractivity contribution < 1.29 is 9.13 Å². The van der Waals surface area contributed by atoms with Crippen molar-refractivity contribution >= 4 is 16.9 Å². The first-order chi connectivity index (χ1) is 13.7. The molecule has 7 nitrogen and oxygen atoms in total. The predicted octanol–water partition coefficient (Wildman–Crippen LogP) is 3.41. The lowest BCUT2D eigenvalue weighted by Crippen LogP contribution is -2.06. The summed E-state index contributed by atoms with van der Waals surface area (Å²) in [7, 11) is 1.57. The van der Waals surface area contributed by atoms with Gasteiger partial charge in [0, 0.05) is 41.9 Å². The van der Waals surface area contributed by atoms with E-state index in [0.717, 1.165) is 27.9 Å². The van der Waals surface area contributed by atoms with E-state index in [4.69, 9.17) is 4.74 Å². The number of fused-ring (bicyclic) bond motifs is 1. The average Bonchev–Trinajstić information content (AvgIpc) is 3.12. The highest BCUT2D eigenvalue weighted by molar-refractivity contribution is 5.82. The van der Waals surface area contributed by atoms with Crippen LogP contribution in [0.2, 0.25) is 0 Å². The van der Waals surface area contributed by atoms with Gasteiger partial charge in [0.25, 0.3) is 0 Å². The first-order valence-corrected chi connectivity index (χ1v) is 8.80. The van der Waals surface area contributed by atoms with Gasteiger partial charge in [-0.25, -0.2) is 19.9 Å². The van der Waals surface area contributed by atoms with E-state index in [1.165, 1.54) is 6.33 Å². The molecule has 142 valence electrons. The summed E-state index contributed by atoms with van der Waals surface area (Å²) >= 11 is 0. The molecule has 2 N–H and O–H groups in total. The number of aryl methyl sites for hydroxylation is 1. The number of nitrogens with one attached hydrogen (secondary N) is 2. The van der Waals surface area contributed by atoms with Crippen LogP contribution in [0.15, 0.2) is 43.0 Å². The van der Waals surface area contributed by atoms with Gasteiger partial charge in [-0.05, 0) is 24.6 Å². The molecule has 8 heteroatoms. The molecule has 0 amide bonds. The molecule has 0 atom stereocenters. The predicted molar refractivity (Wildman–Crippen MR) is 104 cm³/mol. The third kappa shape index (κ3) is 3.48. The van der Waals surface area contributed by atoms with Crippen LogP contribution >= 0.6 is 0 Å². The number of anilines is 1. The van der Waals surface area contributed by atoms with Crippen LogP contribution in [0.5, 0.6) is 5.88 Å². The third-order valence-corrected chi connectivity index (χ3v) is 4.55. The zero-order valence-electron chi connectivity index (χ0n) is 15.5. The number of H-pyrrole nitrogens is 1. The number of nitrogens with zero attached hydrogens (tertiary/aromatic N) is 4. The van der Waals surface area contributed by atoms with Gasteiger partial charge in [-0.1, -0.05) is 12.1 Å². The zero-order valence-corrected chi connectivity index (χ0v) is 15.5. The van der Waals surface area contributed by atoms with Gasteiger partial charge in [-0.3, -0.25) is 0 Å². The molecule has 0 aliphatic heterocycles. The lowest BCUT2D eigenvalue weighted by Gasteiger charge is -2.10. The number of hydrogen-bond donors (Lipinski definition) is 2. The fourth-order valence-electron chi connectivity index (χ4n) is 3.16. The summed E-state index contributed by atoms with van der Waals surface area (Å²) in [6.45, 7) is 2.34. The minimum atomic E-state index is -0.507. The molecule has 4 aromatic rings. The SMILES string of the molecule is COc1ncccc1CNc1ccc(Cc2c[nH]c3ncnc(C)c23)c(F)n1. The second-order valence-corrected chi connectivity index (χ2v) is 6.35. The Morgan fingerprint density at radius 3 is 2.82 bits per heavy atom. The molecule has 4 heterocycles. The second kappa shape index (κ2) is 7.59. The fraction of sp³-hybridized carbons (Fsp3) is 0.200. The van der Waals surface area contributed by atoms with Crippen LogP contribution in [0.25, 0.3) is 11.0 Å². The van der Waals surface area contributed by atoms with Gasteiger partial charge in [0.2, 0.25) is 11.8 Å². The van der Waals surface area contributed by atoms with Crippen LogP contribution < -0.4 is 10.1 Å². The number of ether oxygens (including phenoxy) is 1. The highest BCUT2D eigenvalue weighted by Crippen LogP contribution is 2.23. The van der Waals surface area contributed by atoms with E-state index >= 15 is 0 Å². The van der Waals surface area contributed by atoms with Crippen LogP contribution in [0.3, 0.4) is 0 Å². The summed E-state index contributed by atoms with van der Waals surface area (Å²) in [5.74, 6) is 0.474. The van der Waals surface area contributed by atoms with E-state index in [-0.39, 0.29) is 0 Å². The maximum absolute atomic E-state index is 14.6. The molecule has 28 heavy (non-hydrogen) atoms. The van der Waals surface area contributed by atoms with Gasteiger partial charge < -0.3 is 15.0 Å². The van der Waals surface area contributed by atoms with Crippen LogP contribution in [-0.2, 0) is 13.0 Å². The number of methoxy groups -OCH3 is 1. The molecule has 0 spiro atoms. The summed E-state index contributed by atoms with van der Waals surface area (Å²) < 4.78 is 19.8. The van der Waals surface area contributed by atoms with Gasteiger partial charge in [-0.15, -0.1) is 0 Å². The maximum Gasteiger partial charge on any atom is 0.218 e. The van der Waals surface area contributed by atoms with Gasteiger partial charge in [0.1, 0.15) is 17.8 Å². The van der Waals surface area contributed by atoms with Crippen LogP contribution in [0.1, 0.15) is 22.4 Å². The van der Waals surface area contributed by atoms with E-state index in [0.29, 0.717) is 30.2 Å². The molecule has 0 saturated carbocycles. The van der Waals surface area contributed by atoms with Crippen molar-refractivity contribution in [2.75, 3.05) is 12.4 Å². The van der Waals surface area contributed by atoms with E-state index in [1.54, 1.807) is 25.4 Å². The minimum Gasteiger partial charge on any atom is -0.481 e. The Morgan fingerprint density at radius 2 is 2.00 bits per heavy atom. The Bertz CT molecular complexity index is 1130. The summed E-state index contributed by atoms with van der Waals surface area (Å²) in [6, 6.07) is 7.22. The van der Waals surface area contributed by atoms with Crippen molar-refractivity contribution in [3.8, 4) is 5.88 Å². The Kier molecular flexibility index (Phi) is 4.84.